The van der Waals surface area contributed by atoms with Crippen molar-refractivity contribution in [2.24, 2.45) is 5.92 Å². The van der Waals surface area contributed by atoms with Crippen molar-refractivity contribution in [3.05, 3.63) is 0 Å². The van der Waals surface area contributed by atoms with E-state index in [1.807, 2.05) is 13.8 Å². The third-order valence-electron chi connectivity index (χ3n) is 2.31. The number of ether oxygens (including phenoxy) is 1. The zero-order valence-electron chi connectivity index (χ0n) is 9.66. The van der Waals surface area contributed by atoms with Crippen LogP contribution in [0.1, 0.15) is 46.5 Å². The monoisotopic (exact) mass is 216 g/mol. The minimum absolute atomic E-state index is 0.0203. The quantitative estimate of drug-likeness (QED) is 0.663. The zero-order valence-corrected chi connectivity index (χ0v) is 9.66. The van der Waals surface area contributed by atoms with Crippen LogP contribution >= 0.6 is 0 Å². The second-order valence-corrected chi connectivity index (χ2v) is 3.74. The largest absolute Gasteiger partial charge is 0.481 e. The molecule has 0 bridgehead atoms. The lowest BCUT2D eigenvalue weighted by Crippen LogP contribution is -2.22. The molecular formula is C11H20O4. The average molecular weight is 216 g/mol. The van der Waals surface area contributed by atoms with E-state index in [9.17, 15) is 9.59 Å². The second-order valence-electron chi connectivity index (χ2n) is 3.74. The summed E-state index contributed by atoms with van der Waals surface area (Å²) in [6.45, 7) is 5.61. The van der Waals surface area contributed by atoms with Crippen LogP contribution in [0.3, 0.4) is 0 Å². The lowest BCUT2D eigenvalue weighted by atomic mass is 10.0. The van der Waals surface area contributed by atoms with Crippen LogP contribution < -0.4 is 0 Å². The lowest BCUT2D eigenvalue weighted by molar-refractivity contribution is -0.154. The number of carbonyl (C=O) groups excluding carboxylic acids is 1. The van der Waals surface area contributed by atoms with Gasteiger partial charge in [0.25, 0.3) is 0 Å². The molecule has 0 saturated heterocycles. The molecule has 88 valence electrons. The first kappa shape index (κ1) is 13.9. The molecule has 0 amide bonds. The second kappa shape index (κ2) is 7.26. The van der Waals surface area contributed by atoms with Crippen LogP contribution in [0.15, 0.2) is 0 Å². The van der Waals surface area contributed by atoms with Crippen LogP contribution in [0.5, 0.6) is 0 Å². The van der Waals surface area contributed by atoms with Gasteiger partial charge in [-0.3, -0.25) is 9.59 Å². The Labute approximate surface area is 90.6 Å². The summed E-state index contributed by atoms with van der Waals surface area (Å²) < 4.78 is 5.02. The molecule has 0 aliphatic heterocycles. The Kier molecular flexibility index (Phi) is 6.75. The Morgan fingerprint density at radius 1 is 1.33 bits per heavy atom. The van der Waals surface area contributed by atoms with Crippen LogP contribution in [0.2, 0.25) is 0 Å². The van der Waals surface area contributed by atoms with Gasteiger partial charge in [0.15, 0.2) is 0 Å². The number of carbonyl (C=O) groups is 2. The van der Waals surface area contributed by atoms with Crippen molar-refractivity contribution in [2.45, 2.75) is 52.6 Å². The molecule has 0 saturated carbocycles. The highest BCUT2D eigenvalue weighted by atomic mass is 16.5. The van der Waals surface area contributed by atoms with Gasteiger partial charge in [0.2, 0.25) is 0 Å². The highest BCUT2D eigenvalue weighted by Gasteiger charge is 2.21. The number of hydrogen-bond donors (Lipinski definition) is 1. The van der Waals surface area contributed by atoms with Crippen molar-refractivity contribution in [1.29, 1.82) is 0 Å². The Hall–Kier alpha value is -1.06. The van der Waals surface area contributed by atoms with Gasteiger partial charge in [-0.25, -0.2) is 0 Å². The van der Waals surface area contributed by atoms with E-state index < -0.39 is 17.9 Å². The standard InChI is InChI=1S/C11H20O4/c1-4-6-9(11(13)14)7-10(12)15-8(3)5-2/h8-9H,4-7H2,1-3H3,(H,13,14). The third-order valence-corrected chi connectivity index (χ3v) is 2.31. The first-order chi connectivity index (χ1) is 7.01. The van der Waals surface area contributed by atoms with Gasteiger partial charge in [-0.05, 0) is 19.8 Å². The van der Waals surface area contributed by atoms with E-state index in [2.05, 4.69) is 0 Å². The fourth-order valence-electron chi connectivity index (χ4n) is 1.22. The van der Waals surface area contributed by atoms with Gasteiger partial charge in [-0.2, -0.15) is 0 Å². The van der Waals surface area contributed by atoms with Crippen molar-refractivity contribution in [2.75, 3.05) is 0 Å². The van der Waals surface area contributed by atoms with Gasteiger partial charge in [-0.15, -0.1) is 0 Å². The molecular weight excluding hydrogens is 196 g/mol. The fourth-order valence-corrected chi connectivity index (χ4v) is 1.22. The van der Waals surface area contributed by atoms with Gasteiger partial charge >= 0.3 is 11.9 Å². The maximum atomic E-state index is 11.3. The Bertz CT molecular complexity index is 213. The maximum absolute atomic E-state index is 11.3. The molecule has 1 N–H and O–H groups in total. The molecule has 0 aliphatic carbocycles. The molecule has 4 heteroatoms. The first-order valence-electron chi connectivity index (χ1n) is 5.43. The summed E-state index contributed by atoms with van der Waals surface area (Å²) in [5, 5.41) is 8.84. The van der Waals surface area contributed by atoms with Crippen LogP contribution in [0, 0.1) is 5.92 Å². The van der Waals surface area contributed by atoms with Crippen molar-refractivity contribution >= 4 is 11.9 Å². The molecule has 0 rings (SSSR count). The van der Waals surface area contributed by atoms with Gasteiger partial charge < -0.3 is 9.84 Å². The van der Waals surface area contributed by atoms with Crippen molar-refractivity contribution in [3.8, 4) is 0 Å². The van der Waals surface area contributed by atoms with E-state index in [4.69, 9.17) is 9.84 Å². The summed E-state index contributed by atoms with van der Waals surface area (Å²) >= 11 is 0. The molecule has 0 aromatic rings. The predicted molar refractivity (Wildman–Crippen MR) is 56.5 cm³/mol. The van der Waals surface area contributed by atoms with Crippen molar-refractivity contribution in [3.63, 3.8) is 0 Å². The highest BCUT2D eigenvalue weighted by Crippen LogP contribution is 2.13. The number of aliphatic carboxylic acids is 1. The zero-order chi connectivity index (χ0) is 11.8. The van der Waals surface area contributed by atoms with E-state index in [1.54, 1.807) is 6.92 Å². The van der Waals surface area contributed by atoms with E-state index in [0.717, 1.165) is 12.8 Å². The number of esters is 1. The maximum Gasteiger partial charge on any atom is 0.307 e. The minimum atomic E-state index is -0.919. The van der Waals surface area contributed by atoms with E-state index in [-0.39, 0.29) is 12.5 Å². The molecule has 0 spiro atoms. The molecule has 0 aliphatic rings. The van der Waals surface area contributed by atoms with E-state index in [0.29, 0.717) is 6.42 Å². The molecule has 0 fully saturated rings. The Morgan fingerprint density at radius 2 is 1.93 bits per heavy atom. The molecule has 15 heavy (non-hydrogen) atoms. The van der Waals surface area contributed by atoms with Crippen LogP contribution in [-0.4, -0.2) is 23.1 Å². The smallest absolute Gasteiger partial charge is 0.307 e. The summed E-state index contributed by atoms with van der Waals surface area (Å²) in [7, 11) is 0. The minimum Gasteiger partial charge on any atom is -0.481 e. The molecule has 0 aromatic heterocycles. The third kappa shape index (κ3) is 6.10. The van der Waals surface area contributed by atoms with Crippen molar-refractivity contribution < 1.29 is 19.4 Å². The molecule has 0 radical (unpaired) electrons. The summed E-state index contributed by atoms with van der Waals surface area (Å²) in [4.78, 5) is 22.1. The number of carboxylic acids is 1. The average Bonchev–Trinajstić information content (AvgIpc) is 2.16. The molecule has 0 heterocycles. The van der Waals surface area contributed by atoms with Gasteiger partial charge in [0, 0.05) is 0 Å². The SMILES string of the molecule is CCCC(CC(=O)OC(C)CC)C(=O)O. The Balaban J connectivity index is 4.05. The Morgan fingerprint density at radius 3 is 2.33 bits per heavy atom. The number of hydrogen-bond acceptors (Lipinski definition) is 3. The highest BCUT2D eigenvalue weighted by molar-refractivity contribution is 5.78. The predicted octanol–water partition coefficient (Wildman–Crippen LogP) is 2.22. The van der Waals surface area contributed by atoms with Crippen LogP contribution in [0.25, 0.3) is 0 Å². The van der Waals surface area contributed by atoms with Crippen molar-refractivity contribution in [1.82, 2.24) is 0 Å². The number of rotatable bonds is 7. The summed E-state index contributed by atoms with van der Waals surface area (Å²) in [6, 6.07) is 0. The summed E-state index contributed by atoms with van der Waals surface area (Å²) in [5.74, 6) is -1.94. The topological polar surface area (TPSA) is 63.6 Å². The van der Waals surface area contributed by atoms with E-state index in [1.165, 1.54) is 0 Å². The lowest BCUT2D eigenvalue weighted by Gasteiger charge is -2.14. The van der Waals surface area contributed by atoms with Crippen LogP contribution in [-0.2, 0) is 14.3 Å². The van der Waals surface area contributed by atoms with Gasteiger partial charge in [-0.1, -0.05) is 20.3 Å². The normalized spacial score (nSPS) is 14.3. The molecule has 2 atom stereocenters. The first-order valence-corrected chi connectivity index (χ1v) is 5.43. The molecule has 2 unspecified atom stereocenters. The summed E-state index contributed by atoms with van der Waals surface area (Å²) in [6.07, 6.45) is 1.87. The van der Waals surface area contributed by atoms with Gasteiger partial charge in [0.1, 0.15) is 0 Å². The van der Waals surface area contributed by atoms with E-state index >= 15 is 0 Å². The fraction of sp³-hybridized carbons (Fsp3) is 0.818. The van der Waals surface area contributed by atoms with Crippen LogP contribution in [0.4, 0.5) is 0 Å². The number of carboxylic acid groups (broad SMARTS) is 1. The molecule has 4 nitrogen and oxygen atoms in total. The molecule has 0 aromatic carbocycles. The van der Waals surface area contributed by atoms with Gasteiger partial charge in [0.05, 0.1) is 18.4 Å². The summed E-state index contributed by atoms with van der Waals surface area (Å²) in [5.41, 5.74) is 0.